The zero-order valence-corrected chi connectivity index (χ0v) is 30.2. The molecule has 274 valence electrons. The van der Waals surface area contributed by atoms with Crippen molar-refractivity contribution in [2.24, 2.45) is 0 Å². The maximum Gasteiger partial charge on any atom is 0.334 e. The van der Waals surface area contributed by atoms with Crippen LogP contribution in [0, 0.1) is 0 Å². The van der Waals surface area contributed by atoms with Crippen molar-refractivity contribution in [1.29, 1.82) is 0 Å². The molecule has 1 saturated heterocycles. The van der Waals surface area contributed by atoms with Crippen molar-refractivity contribution in [1.82, 2.24) is 0 Å². The number of rotatable bonds is 29. The second kappa shape index (κ2) is 25.5. The van der Waals surface area contributed by atoms with Gasteiger partial charge in [-0.1, -0.05) is 110 Å². The van der Waals surface area contributed by atoms with E-state index in [2.05, 4.69) is 6.92 Å². The smallest absolute Gasteiger partial charge is 0.334 e. The van der Waals surface area contributed by atoms with Crippen molar-refractivity contribution in [3.05, 3.63) is 11.6 Å². The van der Waals surface area contributed by atoms with Gasteiger partial charge in [0.1, 0.15) is 12.2 Å². The second-order valence-electron chi connectivity index (χ2n) is 14.4. The van der Waals surface area contributed by atoms with Crippen molar-refractivity contribution in [3.63, 3.8) is 0 Å². The minimum absolute atomic E-state index is 0.159. The molecule has 7 atom stereocenters. The largest absolute Gasteiger partial charge is 0.462 e. The summed E-state index contributed by atoms with van der Waals surface area (Å²) in [5.41, 5.74) is 0.575. The van der Waals surface area contributed by atoms with Crippen LogP contribution in [-0.2, 0) is 23.8 Å². The second-order valence-corrected chi connectivity index (χ2v) is 14.4. The Morgan fingerprint density at radius 1 is 0.745 bits per heavy atom. The van der Waals surface area contributed by atoms with Crippen LogP contribution in [-0.4, -0.2) is 70.0 Å². The zero-order valence-electron chi connectivity index (χ0n) is 30.2. The molecule has 0 aliphatic carbocycles. The standard InChI is InChI=1S/C39H70O8/c1-4-5-6-7-8-9-10-11-12-13-14-18-24-35(42)37-26-27-38(47-37)36(43)25-20-19-22-33(41)21-16-15-17-23-34(46-31(3)40)29-32-28-30(2)45-39(32)44/h28,30,33-38,41-43H,4-27,29H2,1-3H3/t30-,33+,34+,35+,36+,37+,38+/m0/s1. The molecule has 2 aliphatic heterocycles. The van der Waals surface area contributed by atoms with Crippen LogP contribution in [0.15, 0.2) is 11.6 Å². The van der Waals surface area contributed by atoms with E-state index in [0.717, 1.165) is 64.2 Å². The number of esters is 2. The van der Waals surface area contributed by atoms with E-state index in [-0.39, 0.29) is 42.5 Å². The number of hydrogen-bond acceptors (Lipinski definition) is 8. The Balaban J connectivity index is 1.45. The van der Waals surface area contributed by atoms with Crippen molar-refractivity contribution in [2.75, 3.05) is 0 Å². The first-order chi connectivity index (χ1) is 22.7. The van der Waals surface area contributed by atoms with Crippen molar-refractivity contribution in [3.8, 4) is 0 Å². The fraction of sp³-hybridized carbons (Fsp3) is 0.897. The molecule has 0 aromatic heterocycles. The molecule has 0 amide bonds. The van der Waals surface area contributed by atoms with E-state index in [0.29, 0.717) is 31.3 Å². The molecule has 2 aliphatic rings. The summed E-state index contributed by atoms with van der Waals surface area (Å²) in [5.74, 6) is -0.679. The molecule has 8 heteroatoms. The van der Waals surface area contributed by atoms with Gasteiger partial charge in [0.25, 0.3) is 0 Å². The Morgan fingerprint density at radius 2 is 1.19 bits per heavy atom. The normalized spacial score (nSPS) is 22.1. The third-order valence-electron chi connectivity index (χ3n) is 9.92. The van der Waals surface area contributed by atoms with Gasteiger partial charge in [0.2, 0.25) is 0 Å². The van der Waals surface area contributed by atoms with E-state index in [1.807, 2.05) is 6.92 Å². The van der Waals surface area contributed by atoms with E-state index in [1.165, 1.54) is 77.6 Å². The van der Waals surface area contributed by atoms with Crippen LogP contribution < -0.4 is 0 Å². The minimum Gasteiger partial charge on any atom is -0.462 e. The molecule has 0 bridgehead atoms. The zero-order chi connectivity index (χ0) is 34.3. The molecule has 0 radical (unpaired) electrons. The maximum atomic E-state index is 11.9. The fourth-order valence-electron chi connectivity index (χ4n) is 7.09. The highest BCUT2D eigenvalue weighted by Gasteiger charge is 2.34. The topological polar surface area (TPSA) is 123 Å². The number of ether oxygens (including phenoxy) is 3. The first-order valence-electron chi connectivity index (χ1n) is 19.5. The van der Waals surface area contributed by atoms with Crippen LogP contribution in [0.5, 0.6) is 0 Å². The number of aliphatic hydroxyl groups excluding tert-OH is 3. The first kappa shape index (κ1) is 41.7. The van der Waals surface area contributed by atoms with Gasteiger partial charge in [-0.15, -0.1) is 0 Å². The third-order valence-corrected chi connectivity index (χ3v) is 9.92. The van der Waals surface area contributed by atoms with Crippen LogP contribution in [0.3, 0.4) is 0 Å². The molecule has 0 aromatic carbocycles. The molecule has 0 unspecified atom stereocenters. The maximum absolute atomic E-state index is 11.9. The van der Waals surface area contributed by atoms with Crippen LogP contribution >= 0.6 is 0 Å². The lowest BCUT2D eigenvalue weighted by Gasteiger charge is -2.22. The highest BCUT2D eigenvalue weighted by molar-refractivity contribution is 5.90. The van der Waals surface area contributed by atoms with E-state index >= 15 is 0 Å². The lowest BCUT2D eigenvalue weighted by atomic mass is 9.99. The van der Waals surface area contributed by atoms with Crippen molar-refractivity contribution in [2.45, 2.75) is 224 Å². The van der Waals surface area contributed by atoms with Crippen LogP contribution in [0.2, 0.25) is 0 Å². The summed E-state index contributed by atoms with van der Waals surface area (Å²) in [7, 11) is 0. The van der Waals surface area contributed by atoms with Crippen LogP contribution in [0.1, 0.15) is 181 Å². The predicted octanol–water partition coefficient (Wildman–Crippen LogP) is 8.41. The van der Waals surface area contributed by atoms with Gasteiger partial charge >= 0.3 is 11.9 Å². The Bertz CT molecular complexity index is 860. The van der Waals surface area contributed by atoms with Gasteiger partial charge in [0.05, 0.1) is 30.5 Å². The van der Waals surface area contributed by atoms with Crippen molar-refractivity contribution < 1.29 is 39.1 Å². The average Bonchev–Trinajstić information content (AvgIpc) is 3.65. The molecule has 47 heavy (non-hydrogen) atoms. The quantitative estimate of drug-likeness (QED) is 0.0537. The van der Waals surface area contributed by atoms with E-state index in [1.54, 1.807) is 6.08 Å². The Kier molecular flexibility index (Phi) is 22.6. The molecule has 8 nitrogen and oxygen atoms in total. The van der Waals surface area contributed by atoms with Gasteiger partial charge < -0.3 is 29.5 Å². The molecule has 1 fully saturated rings. The Labute approximate surface area is 286 Å². The summed E-state index contributed by atoms with van der Waals surface area (Å²) in [4.78, 5) is 23.4. The predicted molar refractivity (Wildman–Crippen MR) is 187 cm³/mol. The van der Waals surface area contributed by atoms with Gasteiger partial charge in [0.15, 0.2) is 0 Å². The van der Waals surface area contributed by atoms with E-state index < -0.39 is 12.2 Å². The van der Waals surface area contributed by atoms with Crippen LogP contribution in [0.25, 0.3) is 0 Å². The number of aliphatic hydroxyl groups is 3. The van der Waals surface area contributed by atoms with Gasteiger partial charge in [-0.05, 0) is 64.4 Å². The molecule has 3 N–H and O–H groups in total. The summed E-state index contributed by atoms with van der Waals surface area (Å²) >= 11 is 0. The van der Waals surface area contributed by atoms with Gasteiger partial charge in [-0.25, -0.2) is 4.79 Å². The number of hydrogen-bond donors (Lipinski definition) is 3. The summed E-state index contributed by atoms with van der Waals surface area (Å²) < 4.78 is 16.7. The molecule has 2 heterocycles. The van der Waals surface area contributed by atoms with E-state index in [4.69, 9.17) is 14.2 Å². The highest BCUT2D eigenvalue weighted by Crippen LogP contribution is 2.29. The molecule has 0 saturated carbocycles. The molecular weight excluding hydrogens is 596 g/mol. The first-order valence-corrected chi connectivity index (χ1v) is 19.5. The van der Waals surface area contributed by atoms with Crippen LogP contribution in [0.4, 0.5) is 0 Å². The molecule has 0 aromatic rings. The number of carbonyl (C=O) groups is 2. The van der Waals surface area contributed by atoms with Gasteiger partial charge in [-0.2, -0.15) is 0 Å². The lowest BCUT2D eigenvalue weighted by Crippen LogP contribution is -2.31. The monoisotopic (exact) mass is 667 g/mol. The van der Waals surface area contributed by atoms with Crippen molar-refractivity contribution >= 4 is 11.9 Å². The lowest BCUT2D eigenvalue weighted by molar-refractivity contribution is -0.148. The fourth-order valence-corrected chi connectivity index (χ4v) is 7.09. The average molecular weight is 667 g/mol. The molecular formula is C39H70O8. The number of carbonyl (C=O) groups excluding carboxylic acids is 2. The Morgan fingerprint density at radius 3 is 1.70 bits per heavy atom. The summed E-state index contributed by atoms with van der Waals surface area (Å²) in [6.45, 7) is 5.46. The number of unbranched alkanes of at least 4 members (excludes halogenated alkanes) is 14. The molecule has 0 spiro atoms. The van der Waals surface area contributed by atoms with Gasteiger partial charge in [0, 0.05) is 18.9 Å². The SMILES string of the molecule is CCCCCCCCCCCCCC[C@@H](O)[C@H]1CC[C@H]([C@H](O)CCCC[C@H](O)CCCCC[C@H](CC2=C[C@H](C)OC2=O)OC(C)=O)O1. The summed E-state index contributed by atoms with van der Waals surface area (Å²) in [5, 5.41) is 31.8. The minimum atomic E-state index is -0.522. The summed E-state index contributed by atoms with van der Waals surface area (Å²) in [6, 6.07) is 0. The molecule has 2 rings (SSSR count). The number of cyclic esters (lactones) is 1. The third kappa shape index (κ3) is 19.3. The van der Waals surface area contributed by atoms with Gasteiger partial charge in [-0.3, -0.25) is 4.79 Å². The highest BCUT2D eigenvalue weighted by atomic mass is 16.6. The van der Waals surface area contributed by atoms with E-state index in [9.17, 15) is 24.9 Å². The summed E-state index contributed by atoms with van der Waals surface area (Å²) in [6.07, 6.45) is 25.1. The Hall–Kier alpha value is -1.48.